The molecule has 12 heavy (non-hydrogen) atoms. The minimum Gasteiger partial charge on any atom is -0.158 e. The molecule has 0 amide bonds. The number of hydrogen-bond donors (Lipinski definition) is 0. The maximum atomic E-state index is 3.96. The molecule has 0 aliphatic rings. The van der Waals surface area contributed by atoms with E-state index in [9.17, 15) is 0 Å². The van der Waals surface area contributed by atoms with E-state index in [2.05, 4.69) is 16.3 Å². The second-order valence-corrected chi connectivity index (χ2v) is 2.52. The minimum atomic E-state index is 0. The third-order valence-corrected chi connectivity index (χ3v) is 1.76. The molecule has 0 atom stereocenters. The topological polar surface area (TPSA) is 25.8 Å². The van der Waals surface area contributed by atoms with E-state index >= 15 is 0 Å². The van der Waals surface area contributed by atoms with E-state index in [1.54, 1.807) is 6.20 Å². The fraction of sp³-hybridized carbons (Fsp3) is 0.111. The second-order valence-electron chi connectivity index (χ2n) is 2.52. The molecule has 0 bridgehead atoms. The molecule has 0 aliphatic heterocycles. The van der Waals surface area contributed by atoms with Gasteiger partial charge in [-0.1, -0.05) is 24.3 Å². The van der Waals surface area contributed by atoms with Gasteiger partial charge in [0.1, 0.15) is 0 Å². The molecule has 2 rings (SSSR count). The van der Waals surface area contributed by atoms with Crippen molar-refractivity contribution in [3.05, 3.63) is 36.2 Å². The summed E-state index contributed by atoms with van der Waals surface area (Å²) in [5.74, 6) is 0. The molecule has 0 aliphatic carbocycles. The van der Waals surface area contributed by atoms with Gasteiger partial charge in [-0.25, -0.2) is 0 Å². The molecule has 0 radical (unpaired) electrons. The zero-order chi connectivity index (χ0) is 7.68. The minimum absolute atomic E-state index is 0. The average Bonchev–Trinajstić information content (AvgIpc) is 2.06. The Hall–Kier alpha value is -1.15. The highest BCUT2D eigenvalue weighted by molar-refractivity contribution is 5.85. The van der Waals surface area contributed by atoms with Crippen LogP contribution in [0.2, 0.25) is 0 Å². The molecule has 2 nitrogen and oxygen atoms in total. The van der Waals surface area contributed by atoms with Crippen LogP contribution in [0, 0.1) is 6.92 Å². The van der Waals surface area contributed by atoms with Crippen LogP contribution >= 0.6 is 12.4 Å². The van der Waals surface area contributed by atoms with Gasteiger partial charge < -0.3 is 0 Å². The second kappa shape index (κ2) is 3.50. The van der Waals surface area contributed by atoms with Crippen molar-refractivity contribution < 1.29 is 0 Å². The summed E-state index contributed by atoms with van der Waals surface area (Å²) in [5.41, 5.74) is 0.989. The van der Waals surface area contributed by atoms with E-state index in [1.807, 2.05) is 25.1 Å². The monoisotopic (exact) mass is 180 g/mol. The number of fused-ring (bicyclic) bond motifs is 1. The average molecular weight is 181 g/mol. The summed E-state index contributed by atoms with van der Waals surface area (Å²) in [4.78, 5) is 0. The lowest BCUT2D eigenvalue weighted by molar-refractivity contribution is 1.00. The first kappa shape index (κ1) is 8.94. The van der Waals surface area contributed by atoms with Gasteiger partial charge in [0.2, 0.25) is 0 Å². The Bertz CT molecular complexity index is 382. The van der Waals surface area contributed by atoms with Crippen LogP contribution in [0.15, 0.2) is 30.5 Å². The standard InChI is InChI=1S/C9H8N2.ClH/c1-7-9-5-3-2-4-8(9)6-10-11-7;/h2-6H,1H3;1H. The summed E-state index contributed by atoms with van der Waals surface area (Å²) in [7, 11) is 0. The van der Waals surface area contributed by atoms with E-state index in [0.717, 1.165) is 11.1 Å². The van der Waals surface area contributed by atoms with Crippen LogP contribution in [0.1, 0.15) is 5.69 Å². The highest BCUT2D eigenvalue weighted by Crippen LogP contribution is 2.13. The van der Waals surface area contributed by atoms with E-state index in [1.165, 1.54) is 5.39 Å². The first-order valence-electron chi connectivity index (χ1n) is 3.55. The molecule has 0 N–H and O–H groups in total. The Morgan fingerprint density at radius 2 is 1.92 bits per heavy atom. The first-order chi connectivity index (χ1) is 5.38. The molecular weight excluding hydrogens is 172 g/mol. The first-order valence-corrected chi connectivity index (χ1v) is 3.55. The van der Waals surface area contributed by atoms with Crippen LogP contribution in [-0.2, 0) is 0 Å². The molecule has 1 aromatic heterocycles. The van der Waals surface area contributed by atoms with Crippen LogP contribution < -0.4 is 0 Å². The Morgan fingerprint density at radius 1 is 1.17 bits per heavy atom. The van der Waals surface area contributed by atoms with Crippen molar-refractivity contribution in [2.45, 2.75) is 6.92 Å². The van der Waals surface area contributed by atoms with Crippen LogP contribution in [-0.4, -0.2) is 10.2 Å². The van der Waals surface area contributed by atoms with Gasteiger partial charge in [-0.05, 0) is 6.92 Å². The lowest BCUT2D eigenvalue weighted by atomic mass is 10.1. The molecule has 0 saturated carbocycles. The van der Waals surface area contributed by atoms with Gasteiger partial charge in [-0.3, -0.25) is 0 Å². The number of hydrogen-bond acceptors (Lipinski definition) is 2. The molecule has 2 aromatic rings. The van der Waals surface area contributed by atoms with E-state index in [-0.39, 0.29) is 12.4 Å². The fourth-order valence-electron chi connectivity index (χ4n) is 1.17. The van der Waals surface area contributed by atoms with Gasteiger partial charge in [-0.15, -0.1) is 12.4 Å². The van der Waals surface area contributed by atoms with Gasteiger partial charge in [-0.2, -0.15) is 10.2 Å². The Morgan fingerprint density at radius 3 is 2.67 bits per heavy atom. The highest BCUT2D eigenvalue weighted by atomic mass is 35.5. The van der Waals surface area contributed by atoms with Crippen molar-refractivity contribution in [1.29, 1.82) is 0 Å². The van der Waals surface area contributed by atoms with Crippen molar-refractivity contribution in [3.63, 3.8) is 0 Å². The highest BCUT2D eigenvalue weighted by Gasteiger charge is 1.94. The zero-order valence-corrected chi connectivity index (χ0v) is 7.51. The number of benzene rings is 1. The van der Waals surface area contributed by atoms with E-state index in [0.29, 0.717) is 0 Å². The zero-order valence-electron chi connectivity index (χ0n) is 6.69. The van der Waals surface area contributed by atoms with Crippen LogP contribution in [0.3, 0.4) is 0 Å². The van der Waals surface area contributed by atoms with E-state index < -0.39 is 0 Å². The Labute approximate surface area is 77.0 Å². The molecule has 0 unspecified atom stereocenters. The van der Waals surface area contributed by atoms with Gasteiger partial charge in [0.25, 0.3) is 0 Å². The molecule has 62 valence electrons. The van der Waals surface area contributed by atoms with Crippen molar-refractivity contribution in [2.75, 3.05) is 0 Å². The summed E-state index contributed by atoms with van der Waals surface area (Å²) in [6.07, 6.45) is 1.78. The maximum absolute atomic E-state index is 3.96. The molecule has 1 aromatic carbocycles. The largest absolute Gasteiger partial charge is 0.158 e. The van der Waals surface area contributed by atoms with Crippen molar-refractivity contribution >= 4 is 23.2 Å². The van der Waals surface area contributed by atoms with Crippen LogP contribution in [0.4, 0.5) is 0 Å². The Balaban J connectivity index is 0.000000720. The van der Waals surface area contributed by atoms with Gasteiger partial charge in [0.05, 0.1) is 11.9 Å². The van der Waals surface area contributed by atoms with Crippen molar-refractivity contribution in [3.8, 4) is 0 Å². The summed E-state index contributed by atoms with van der Waals surface area (Å²) in [5, 5.41) is 10.2. The van der Waals surface area contributed by atoms with Crippen molar-refractivity contribution in [1.82, 2.24) is 10.2 Å². The third-order valence-electron chi connectivity index (χ3n) is 1.76. The quantitative estimate of drug-likeness (QED) is 0.622. The predicted octanol–water partition coefficient (Wildman–Crippen LogP) is 2.36. The number of nitrogens with zero attached hydrogens (tertiary/aromatic N) is 2. The smallest absolute Gasteiger partial charge is 0.0678 e. The lowest BCUT2D eigenvalue weighted by Gasteiger charge is -1.96. The van der Waals surface area contributed by atoms with Gasteiger partial charge in [0.15, 0.2) is 0 Å². The van der Waals surface area contributed by atoms with Crippen LogP contribution in [0.25, 0.3) is 10.8 Å². The molecule has 0 spiro atoms. The number of halogens is 1. The molecule has 0 saturated heterocycles. The summed E-state index contributed by atoms with van der Waals surface area (Å²) in [6, 6.07) is 8.11. The summed E-state index contributed by atoms with van der Waals surface area (Å²) < 4.78 is 0. The predicted molar refractivity (Wildman–Crippen MR) is 51.5 cm³/mol. The number of aromatic nitrogens is 2. The molecular formula is C9H9ClN2. The maximum Gasteiger partial charge on any atom is 0.0678 e. The normalized spacial score (nSPS) is 9.42. The van der Waals surface area contributed by atoms with Gasteiger partial charge >= 0.3 is 0 Å². The summed E-state index contributed by atoms with van der Waals surface area (Å²) in [6.45, 7) is 1.97. The number of rotatable bonds is 0. The molecule has 1 heterocycles. The summed E-state index contributed by atoms with van der Waals surface area (Å²) >= 11 is 0. The Kier molecular flexibility index (Phi) is 2.61. The molecule has 0 fully saturated rings. The molecule has 3 heteroatoms. The fourth-order valence-corrected chi connectivity index (χ4v) is 1.17. The third kappa shape index (κ3) is 1.38. The van der Waals surface area contributed by atoms with Gasteiger partial charge in [0, 0.05) is 10.8 Å². The van der Waals surface area contributed by atoms with Crippen molar-refractivity contribution in [2.24, 2.45) is 0 Å². The lowest BCUT2D eigenvalue weighted by Crippen LogP contribution is -1.86. The van der Waals surface area contributed by atoms with E-state index in [4.69, 9.17) is 0 Å². The number of aryl methyl sites for hydroxylation is 1. The van der Waals surface area contributed by atoms with Crippen LogP contribution in [0.5, 0.6) is 0 Å². The SMILES string of the molecule is Cc1nncc2ccccc12.Cl.